The number of carboxylic acid groups (broad SMARTS) is 1. The van der Waals surface area contributed by atoms with Crippen LogP contribution in [0.5, 0.6) is 0 Å². The number of nitrogens with one attached hydrogen (secondary N) is 1. The number of aliphatic carboxylic acids is 1. The van der Waals surface area contributed by atoms with Gasteiger partial charge in [-0.3, -0.25) is 9.59 Å². The van der Waals surface area contributed by atoms with E-state index in [0.29, 0.717) is 0 Å². The van der Waals surface area contributed by atoms with Crippen LogP contribution in [0.4, 0.5) is 0 Å². The number of hydrogen-bond acceptors (Lipinski definition) is 4. The monoisotopic (exact) mass is 324 g/mol. The third-order valence-corrected chi connectivity index (χ3v) is 4.23. The van der Waals surface area contributed by atoms with Gasteiger partial charge in [0.1, 0.15) is 0 Å². The third-order valence-electron chi connectivity index (χ3n) is 2.02. The molecule has 19 heavy (non-hydrogen) atoms. The quantitative estimate of drug-likeness (QED) is 0.819. The lowest BCUT2D eigenvalue weighted by molar-refractivity contribution is -0.137. The van der Waals surface area contributed by atoms with Crippen LogP contribution >= 0.6 is 23.2 Å². The first-order valence-corrected chi connectivity index (χ1v) is 7.07. The molecular formula is C10H8Cl2NO5S. The van der Waals surface area contributed by atoms with Gasteiger partial charge in [0.15, 0.2) is 0 Å². The molecule has 0 saturated carbocycles. The Morgan fingerprint density at radius 1 is 1.37 bits per heavy atom. The van der Waals surface area contributed by atoms with Gasteiger partial charge in [0.25, 0.3) is 0 Å². The average molecular weight is 325 g/mol. The first kappa shape index (κ1) is 15.9. The minimum Gasteiger partial charge on any atom is -0.481 e. The molecule has 1 rings (SSSR count). The summed E-state index contributed by atoms with van der Waals surface area (Å²) in [6, 6.07) is 2.07. The maximum Gasteiger partial charge on any atom is 0.305 e. The highest BCUT2D eigenvalue weighted by atomic mass is 35.5. The molecule has 0 bridgehead atoms. The zero-order valence-electron chi connectivity index (χ0n) is 9.26. The Hall–Kier alpha value is -1.15. The van der Waals surface area contributed by atoms with Gasteiger partial charge in [0, 0.05) is 0 Å². The van der Waals surface area contributed by atoms with Crippen molar-refractivity contribution >= 4 is 45.5 Å². The van der Waals surface area contributed by atoms with E-state index in [1.807, 2.05) is 4.72 Å². The zero-order valence-corrected chi connectivity index (χ0v) is 11.6. The summed E-state index contributed by atoms with van der Waals surface area (Å²) in [4.78, 5) is 20.7. The van der Waals surface area contributed by atoms with E-state index in [-0.39, 0.29) is 14.9 Å². The highest BCUT2D eigenvalue weighted by Crippen LogP contribution is 2.24. The Kier molecular flexibility index (Phi) is 5.30. The molecule has 0 aliphatic carbocycles. The molecule has 0 saturated heterocycles. The van der Waals surface area contributed by atoms with E-state index < -0.39 is 28.5 Å². The zero-order chi connectivity index (χ0) is 14.6. The molecule has 0 unspecified atom stereocenters. The predicted molar refractivity (Wildman–Crippen MR) is 68.5 cm³/mol. The van der Waals surface area contributed by atoms with Crippen molar-refractivity contribution in [1.29, 1.82) is 0 Å². The molecule has 0 amide bonds. The van der Waals surface area contributed by atoms with Gasteiger partial charge in [-0.15, -0.1) is 0 Å². The Labute approximate surface area is 119 Å². The number of rotatable bonds is 6. The second-order valence-corrected chi connectivity index (χ2v) is 5.99. The third kappa shape index (κ3) is 4.46. The van der Waals surface area contributed by atoms with Crippen molar-refractivity contribution in [3.63, 3.8) is 0 Å². The molecule has 0 aromatic heterocycles. The van der Waals surface area contributed by atoms with Crippen LogP contribution in [-0.2, 0) is 19.6 Å². The van der Waals surface area contributed by atoms with Crippen molar-refractivity contribution in [2.24, 2.45) is 0 Å². The molecule has 103 valence electrons. The van der Waals surface area contributed by atoms with Crippen LogP contribution in [0.2, 0.25) is 10.0 Å². The Morgan fingerprint density at radius 2 is 2.00 bits per heavy atom. The molecule has 0 spiro atoms. The number of benzene rings is 1. The van der Waals surface area contributed by atoms with Crippen molar-refractivity contribution in [3.8, 4) is 0 Å². The summed E-state index contributed by atoms with van der Waals surface area (Å²) < 4.78 is 25.6. The van der Waals surface area contributed by atoms with E-state index in [4.69, 9.17) is 28.3 Å². The highest BCUT2D eigenvalue weighted by Gasteiger charge is 2.23. The summed E-state index contributed by atoms with van der Waals surface area (Å²) in [7, 11) is -4.08. The Bertz CT molecular complexity index is 602. The van der Waals surface area contributed by atoms with E-state index >= 15 is 0 Å². The van der Waals surface area contributed by atoms with Crippen molar-refractivity contribution in [1.82, 2.24) is 4.72 Å². The largest absolute Gasteiger partial charge is 0.481 e. The number of carboxylic acids is 1. The number of sulfonamides is 1. The van der Waals surface area contributed by atoms with E-state index in [1.165, 1.54) is 18.4 Å². The minimum absolute atomic E-state index is 0.0226. The molecule has 0 aliphatic rings. The molecule has 2 N–H and O–H groups in total. The van der Waals surface area contributed by atoms with E-state index in [0.717, 1.165) is 6.07 Å². The van der Waals surface area contributed by atoms with Gasteiger partial charge in [0.2, 0.25) is 16.3 Å². The molecule has 0 heterocycles. The summed E-state index contributed by atoms with van der Waals surface area (Å²) >= 11 is 11.3. The lowest BCUT2D eigenvalue weighted by Gasteiger charge is -2.11. The van der Waals surface area contributed by atoms with Crippen LogP contribution < -0.4 is 4.72 Å². The van der Waals surface area contributed by atoms with Crippen molar-refractivity contribution in [2.75, 3.05) is 0 Å². The van der Waals surface area contributed by atoms with E-state index in [1.54, 1.807) is 0 Å². The molecule has 1 aromatic rings. The maximum absolute atomic E-state index is 11.9. The molecular weight excluding hydrogens is 317 g/mol. The van der Waals surface area contributed by atoms with Gasteiger partial charge in [-0.25, -0.2) is 8.42 Å². The maximum atomic E-state index is 11.9. The second kappa shape index (κ2) is 6.33. The topological polar surface area (TPSA) is 101 Å². The first-order chi connectivity index (χ1) is 8.76. The SMILES string of the molecule is O=[C][C@H](CC(=O)O)NS(=O)(=O)c1ccc(Cl)c(Cl)c1. The average Bonchev–Trinajstić information content (AvgIpc) is 2.30. The van der Waals surface area contributed by atoms with Gasteiger partial charge < -0.3 is 5.11 Å². The molecule has 1 atom stereocenters. The van der Waals surface area contributed by atoms with Gasteiger partial charge in [-0.2, -0.15) is 4.72 Å². The van der Waals surface area contributed by atoms with Gasteiger partial charge in [-0.1, -0.05) is 23.2 Å². The van der Waals surface area contributed by atoms with Gasteiger partial charge >= 0.3 is 5.97 Å². The van der Waals surface area contributed by atoms with E-state index in [9.17, 15) is 18.0 Å². The summed E-state index contributed by atoms with van der Waals surface area (Å²) in [6.07, 6.45) is 0.601. The van der Waals surface area contributed by atoms with Crippen LogP contribution in [0.1, 0.15) is 6.42 Å². The van der Waals surface area contributed by atoms with Gasteiger partial charge in [-0.05, 0) is 18.2 Å². The lowest BCUT2D eigenvalue weighted by Crippen LogP contribution is -2.37. The number of carbonyl (C=O) groups is 1. The molecule has 0 aliphatic heterocycles. The standard InChI is InChI=1S/C10H8Cl2NO5S/c11-8-2-1-7(4-9(8)12)19(17,18)13-6(5-14)3-10(15)16/h1-2,4,6,13H,3H2,(H,15,16)/t6-/m0/s1. The number of halogens is 2. The highest BCUT2D eigenvalue weighted by molar-refractivity contribution is 7.89. The Morgan fingerprint density at radius 3 is 2.47 bits per heavy atom. The van der Waals surface area contributed by atoms with Crippen LogP contribution in [0.15, 0.2) is 23.1 Å². The van der Waals surface area contributed by atoms with Crippen molar-refractivity contribution < 1.29 is 23.1 Å². The Balaban J connectivity index is 3.00. The van der Waals surface area contributed by atoms with Crippen molar-refractivity contribution in [3.05, 3.63) is 28.2 Å². The molecule has 0 fully saturated rings. The molecule has 1 aromatic carbocycles. The summed E-state index contributed by atoms with van der Waals surface area (Å²) in [5, 5.41) is 8.70. The molecule has 1 radical (unpaired) electrons. The second-order valence-electron chi connectivity index (χ2n) is 3.47. The fourth-order valence-electron chi connectivity index (χ4n) is 1.18. The fraction of sp³-hybridized carbons (Fsp3) is 0.200. The molecule has 9 heteroatoms. The van der Waals surface area contributed by atoms with E-state index in [2.05, 4.69) is 0 Å². The predicted octanol–water partition coefficient (Wildman–Crippen LogP) is 1.22. The number of carbonyl (C=O) groups excluding carboxylic acids is 1. The van der Waals surface area contributed by atoms with Crippen LogP contribution in [0.25, 0.3) is 0 Å². The van der Waals surface area contributed by atoms with Crippen LogP contribution in [-0.4, -0.2) is 31.8 Å². The molecule has 6 nitrogen and oxygen atoms in total. The fourth-order valence-corrected chi connectivity index (χ4v) is 2.71. The number of hydrogen-bond donors (Lipinski definition) is 2. The van der Waals surface area contributed by atoms with Gasteiger partial charge in [0.05, 0.1) is 27.4 Å². The normalized spacial score (nSPS) is 12.9. The summed E-state index contributed by atoms with van der Waals surface area (Å²) in [5.41, 5.74) is 0. The van der Waals surface area contributed by atoms with Crippen molar-refractivity contribution in [2.45, 2.75) is 17.4 Å². The minimum atomic E-state index is -4.08. The van der Waals surface area contributed by atoms with Crippen LogP contribution in [0.3, 0.4) is 0 Å². The first-order valence-electron chi connectivity index (χ1n) is 4.83. The van der Waals surface area contributed by atoms with Crippen LogP contribution in [0, 0.1) is 0 Å². The lowest BCUT2D eigenvalue weighted by atomic mass is 10.2. The smallest absolute Gasteiger partial charge is 0.305 e. The summed E-state index contributed by atoms with van der Waals surface area (Å²) in [6.45, 7) is 0. The summed E-state index contributed by atoms with van der Waals surface area (Å²) in [5.74, 6) is -1.33.